The maximum absolute atomic E-state index is 5.40. The Balaban J connectivity index is 2.70. The van der Waals surface area contributed by atoms with Crippen LogP contribution in [0.25, 0.3) is 0 Å². The van der Waals surface area contributed by atoms with Crippen LogP contribution in [-0.2, 0) is 4.74 Å². The molecule has 0 aromatic rings. The van der Waals surface area contributed by atoms with Gasteiger partial charge in [-0.2, -0.15) is 0 Å². The molecule has 0 unspecified atom stereocenters. The molecule has 0 spiro atoms. The third-order valence-electron chi connectivity index (χ3n) is 1.72. The van der Waals surface area contributed by atoms with Crippen LogP contribution in [0.5, 0.6) is 0 Å². The summed E-state index contributed by atoms with van der Waals surface area (Å²) in [4.78, 5) is 0. The Morgan fingerprint density at radius 1 is 1.38 bits per heavy atom. The van der Waals surface area contributed by atoms with E-state index >= 15 is 0 Å². The molecule has 2 nitrogen and oxygen atoms in total. The molecule has 0 aliphatic carbocycles. The lowest BCUT2D eigenvalue weighted by molar-refractivity contribution is 0.244. The van der Waals surface area contributed by atoms with Gasteiger partial charge in [0.05, 0.1) is 5.70 Å². The van der Waals surface area contributed by atoms with Crippen LogP contribution < -0.4 is 5.32 Å². The normalized spacial score (nSPS) is 17.5. The molecule has 0 bridgehead atoms. The lowest BCUT2D eigenvalue weighted by Crippen LogP contribution is -2.05. The number of hydrogen-bond acceptors (Lipinski definition) is 2. The van der Waals surface area contributed by atoms with Crippen LogP contribution in [0.1, 0.15) is 20.8 Å². The van der Waals surface area contributed by atoms with Gasteiger partial charge in [-0.25, -0.2) is 0 Å². The van der Waals surface area contributed by atoms with Crippen LogP contribution >= 0.6 is 0 Å². The second kappa shape index (κ2) is 4.75. The first kappa shape index (κ1) is 9.90. The van der Waals surface area contributed by atoms with Crippen LogP contribution in [0.2, 0.25) is 0 Å². The minimum absolute atomic E-state index is 0.559. The second-order valence-electron chi connectivity index (χ2n) is 3.35. The summed E-state index contributed by atoms with van der Waals surface area (Å²) in [5.74, 6) is 1.50. The summed E-state index contributed by atoms with van der Waals surface area (Å²) in [6.45, 7) is 6.87. The first-order chi connectivity index (χ1) is 6.24. The van der Waals surface area contributed by atoms with E-state index in [9.17, 15) is 0 Å². The summed E-state index contributed by atoms with van der Waals surface area (Å²) in [6, 6.07) is 0. The van der Waals surface area contributed by atoms with E-state index in [0.29, 0.717) is 12.6 Å². The molecule has 0 radical (unpaired) electrons. The molecule has 0 fully saturated rings. The van der Waals surface area contributed by atoms with Gasteiger partial charge in [0.25, 0.3) is 0 Å². The molecule has 2 heteroatoms. The molecule has 0 aromatic carbocycles. The summed E-state index contributed by atoms with van der Waals surface area (Å²) in [5.41, 5.74) is 1.07. The minimum Gasteiger partial charge on any atom is -0.471 e. The molecule has 0 saturated heterocycles. The Labute approximate surface area is 80.0 Å². The van der Waals surface area contributed by atoms with Gasteiger partial charge in [0.1, 0.15) is 5.76 Å². The number of rotatable bonds is 3. The van der Waals surface area contributed by atoms with Crippen LogP contribution in [0.3, 0.4) is 0 Å². The van der Waals surface area contributed by atoms with Gasteiger partial charge in [-0.05, 0) is 25.0 Å². The van der Waals surface area contributed by atoms with Crippen LogP contribution in [-0.4, -0.2) is 6.73 Å². The van der Waals surface area contributed by atoms with Crippen molar-refractivity contribution in [3.05, 3.63) is 35.8 Å². The quantitative estimate of drug-likeness (QED) is 0.719. The highest BCUT2D eigenvalue weighted by Crippen LogP contribution is 2.13. The maximum atomic E-state index is 5.40. The van der Waals surface area contributed by atoms with E-state index in [1.807, 2.05) is 25.2 Å². The van der Waals surface area contributed by atoms with Crippen LogP contribution in [0.4, 0.5) is 0 Å². The van der Waals surface area contributed by atoms with Crippen LogP contribution in [0.15, 0.2) is 35.8 Å². The summed E-state index contributed by atoms with van der Waals surface area (Å²) < 4.78 is 5.40. The van der Waals surface area contributed by atoms with Gasteiger partial charge in [0, 0.05) is 0 Å². The Morgan fingerprint density at radius 2 is 2.15 bits per heavy atom. The Hall–Kier alpha value is -1.18. The van der Waals surface area contributed by atoms with Gasteiger partial charge in [-0.15, -0.1) is 0 Å². The third-order valence-corrected chi connectivity index (χ3v) is 1.72. The Morgan fingerprint density at radius 3 is 2.77 bits per heavy atom. The lowest BCUT2D eigenvalue weighted by Gasteiger charge is -1.97. The summed E-state index contributed by atoms with van der Waals surface area (Å²) in [7, 11) is 0. The summed E-state index contributed by atoms with van der Waals surface area (Å²) >= 11 is 0. The van der Waals surface area contributed by atoms with E-state index in [2.05, 4.69) is 25.2 Å². The van der Waals surface area contributed by atoms with Crippen molar-refractivity contribution in [2.45, 2.75) is 20.8 Å². The fourth-order valence-corrected chi connectivity index (χ4v) is 1.08. The molecule has 1 heterocycles. The van der Waals surface area contributed by atoms with Crippen molar-refractivity contribution in [1.29, 1.82) is 0 Å². The first-order valence-electron chi connectivity index (χ1n) is 4.66. The van der Waals surface area contributed by atoms with Gasteiger partial charge in [0.2, 0.25) is 0 Å². The molecule has 0 saturated carbocycles. The smallest absolute Gasteiger partial charge is 0.159 e. The SMILES string of the molecule is C/C=C\C1=C(/C=C\C(C)C)OCN1. The molecule has 13 heavy (non-hydrogen) atoms. The highest BCUT2D eigenvalue weighted by atomic mass is 16.5. The van der Waals surface area contributed by atoms with E-state index in [4.69, 9.17) is 4.74 Å². The van der Waals surface area contributed by atoms with Gasteiger partial charge < -0.3 is 10.1 Å². The molecule has 0 aromatic heterocycles. The first-order valence-corrected chi connectivity index (χ1v) is 4.66. The zero-order valence-corrected chi connectivity index (χ0v) is 8.50. The summed E-state index contributed by atoms with van der Waals surface area (Å²) in [6.07, 6.45) is 8.18. The molecule has 1 N–H and O–H groups in total. The predicted molar refractivity (Wildman–Crippen MR) is 54.9 cm³/mol. The maximum Gasteiger partial charge on any atom is 0.159 e. The van der Waals surface area contributed by atoms with E-state index in [0.717, 1.165) is 11.5 Å². The van der Waals surface area contributed by atoms with Crippen molar-refractivity contribution >= 4 is 0 Å². The van der Waals surface area contributed by atoms with Gasteiger partial charge in [-0.1, -0.05) is 26.0 Å². The lowest BCUT2D eigenvalue weighted by atomic mass is 10.2. The molecule has 1 aliphatic heterocycles. The van der Waals surface area contributed by atoms with E-state index in [1.54, 1.807) is 0 Å². The van der Waals surface area contributed by atoms with Crippen molar-refractivity contribution in [2.24, 2.45) is 5.92 Å². The molecule has 1 rings (SSSR count). The van der Waals surface area contributed by atoms with Crippen molar-refractivity contribution < 1.29 is 4.74 Å². The average molecular weight is 179 g/mol. The summed E-state index contributed by atoms with van der Waals surface area (Å²) in [5, 5.41) is 3.15. The second-order valence-corrected chi connectivity index (χ2v) is 3.35. The van der Waals surface area contributed by atoms with E-state index in [-0.39, 0.29) is 0 Å². The highest BCUT2D eigenvalue weighted by molar-refractivity contribution is 5.29. The van der Waals surface area contributed by atoms with Crippen molar-refractivity contribution in [3.8, 4) is 0 Å². The van der Waals surface area contributed by atoms with E-state index in [1.165, 1.54) is 0 Å². The third kappa shape index (κ3) is 2.98. The number of allylic oxidation sites excluding steroid dienone is 4. The fourth-order valence-electron chi connectivity index (χ4n) is 1.08. The monoisotopic (exact) mass is 179 g/mol. The van der Waals surface area contributed by atoms with Gasteiger partial charge >= 0.3 is 0 Å². The molecule has 0 atom stereocenters. The molecule has 0 amide bonds. The highest BCUT2D eigenvalue weighted by Gasteiger charge is 2.08. The zero-order chi connectivity index (χ0) is 9.68. The van der Waals surface area contributed by atoms with Crippen molar-refractivity contribution in [3.63, 3.8) is 0 Å². The molecular weight excluding hydrogens is 162 g/mol. The number of hydrogen-bond donors (Lipinski definition) is 1. The van der Waals surface area contributed by atoms with Crippen molar-refractivity contribution in [2.75, 3.05) is 6.73 Å². The number of nitrogens with one attached hydrogen (secondary N) is 1. The standard InChI is InChI=1S/C11H17NO/c1-4-5-10-11(13-8-12-10)7-6-9(2)3/h4-7,9,12H,8H2,1-3H3/b5-4-,7-6-. The van der Waals surface area contributed by atoms with Gasteiger partial charge in [-0.3, -0.25) is 0 Å². The Bertz CT molecular complexity index is 249. The number of ether oxygens (including phenoxy) is 1. The fraction of sp³-hybridized carbons (Fsp3) is 0.455. The molecule has 1 aliphatic rings. The minimum atomic E-state index is 0.559. The van der Waals surface area contributed by atoms with Gasteiger partial charge in [0.15, 0.2) is 6.73 Å². The zero-order valence-electron chi connectivity index (χ0n) is 8.50. The van der Waals surface area contributed by atoms with Crippen molar-refractivity contribution in [1.82, 2.24) is 5.32 Å². The van der Waals surface area contributed by atoms with E-state index < -0.39 is 0 Å². The predicted octanol–water partition coefficient (Wildman–Crippen LogP) is 2.56. The molecular formula is C11H17NO. The van der Waals surface area contributed by atoms with Crippen LogP contribution in [0, 0.1) is 5.92 Å². The molecule has 72 valence electrons. The average Bonchev–Trinajstić information content (AvgIpc) is 2.49. The topological polar surface area (TPSA) is 21.3 Å². The largest absolute Gasteiger partial charge is 0.471 e. The Kier molecular flexibility index (Phi) is 3.62.